The predicted octanol–water partition coefficient (Wildman–Crippen LogP) is 1.32. The summed E-state index contributed by atoms with van der Waals surface area (Å²) < 4.78 is 0. The molecule has 0 aliphatic rings. The summed E-state index contributed by atoms with van der Waals surface area (Å²) >= 11 is 1.50. The van der Waals surface area contributed by atoms with Crippen LogP contribution in [0.4, 0.5) is 0 Å². The van der Waals surface area contributed by atoms with Crippen LogP contribution in [0.25, 0.3) is 5.70 Å². The van der Waals surface area contributed by atoms with Crippen molar-refractivity contribution >= 4 is 23.0 Å². The van der Waals surface area contributed by atoms with Crippen LogP contribution in [-0.4, -0.2) is 17.7 Å². The van der Waals surface area contributed by atoms with Gasteiger partial charge in [0.05, 0.1) is 10.6 Å². The second-order valence-corrected chi connectivity index (χ2v) is 3.19. The summed E-state index contributed by atoms with van der Waals surface area (Å²) in [5.74, 6) is -1.02. The fourth-order valence-electron chi connectivity index (χ4n) is 0.686. The molecule has 0 fully saturated rings. The Labute approximate surface area is 79.4 Å². The summed E-state index contributed by atoms with van der Waals surface area (Å²) in [5, 5.41) is 10.2. The summed E-state index contributed by atoms with van der Waals surface area (Å²) in [5.41, 5.74) is 3.02. The van der Waals surface area contributed by atoms with Crippen LogP contribution in [0.15, 0.2) is 24.1 Å². The number of carboxylic acids is 1. The van der Waals surface area contributed by atoms with E-state index in [2.05, 4.69) is 16.9 Å². The largest absolute Gasteiger partial charge is 0.479 e. The van der Waals surface area contributed by atoms with Crippen LogP contribution in [0.5, 0.6) is 0 Å². The molecule has 0 bridgehead atoms. The van der Waals surface area contributed by atoms with Gasteiger partial charge in [0.2, 0.25) is 0 Å². The van der Waals surface area contributed by atoms with E-state index in [9.17, 15) is 4.79 Å². The van der Waals surface area contributed by atoms with E-state index in [4.69, 9.17) is 5.11 Å². The Balaban J connectivity index is 2.31. The normalized spacial score (nSPS) is 9.54. The SMILES string of the molecule is C=C(NOCC(=O)O)c1cccs1. The Morgan fingerprint density at radius 3 is 3.08 bits per heavy atom. The van der Waals surface area contributed by atoms with Crippen molar-refractivity contribution in [2.24, 2.45) is 0 Å². The molecule has 2 N–H and O–H groups in total. The predicted molar refractivity (Wildman–Crippen MR) is 50.1 cm³/mol. The van der Waals surface area contributed by atoms with Gasteiger partial charge in [-0.15, -0.1) is 11.3 Å². The number of aliphatic carboxylic acids is 1. The standard InChI is InChI=1S/C8H9NO3S/c1-6(7-3-2-4-13-7)9-12-5-8(10)11/h2-4,9H,1,5H2,(H,10,11). The van der Waals surface area contributed by atoms with E-state index in [-0.39, 0.29) is 6.61 Å². The summed E-state index contributed by atoms with van der Waals surface area (Å²) in [6.07, 6.45) is 0. The van der Waals surface area contributed by atoms with E-state index in [0.717, 1.165) is 4.88 Å². The number of carbonyl (C=O) groups is 1. The van der Waals surface area contributed by atoms with Gasteiger partial charge in [0.15, 0.2) is 6.61 Å². The maximum atomic E-state index is 10.1. The summed E-state index contributed by atoms with van der Waals surface area (Å²) in [6.45, 7) is 3.29. The van der Waals surface area contributed by atoms with Crippen LogP contribution in [0.3, 0.4) is 0 Å². The molecule has 0 radical (unpaired) electrons. The number of hydroxylamine groups is 1. The van der Waals surface area contributed by atoms with Crippen molar-refractivity contribution in [2.45, 2.75) is 0 Å². The molecule has 0 atom stereocenters. The molecule has 1 heterocycles. The highest BCUT2D eigenvalue weighted by molar-refractivity contribution is 7.11. The zero-order valence-corrected chi connectivity index (χ0v) is 7.63. The fraction of sp³-hybridized carbons (Fsp3) is 0.125. The Bertz CT molecular complexity index is 294. The number of thiophene rings is 1. The maximum Gasteiger partial charge on any atom is 0.332 e. The molecule has 4 nitrogen and oxygen atoms in total. The molecule has 0 amide bonds. The molecule has 0 aromatic carbocycles. The van der Waals surface area contributed by atoms with Crippen molar-refractivity contribution in [3.63, 3.8) is 0 Å². The number of nitrogens with one attached hydrogen (secondary N) is 1. The number of hydrogen-bond donors (Lipinski definition) is 2. The second kappa shape index (κ2) is 4.64. The molecular formula is C8H9NO3S. The van der Waals surface area contributed by atoms with Crippen LogP contribution in [0.2, 0.25) is 0 Å². The summed E-state index contributed by atoms with van der Waals surface area (Å²) in [4.78, 5) is 15.6. The minimum atomic E-state index is -1.02. The van der Waals surface area contributed by atoms with Gasteiger partial charge >= 0.3 is 5.97 Å². The van der Waals surface area contributed by atoms with Gasteiger partial charge in [-0.05, 0) is 11.4 Å². The average molecular weight is 199 g/mol. The lowest BCUT2D eigenvalue weighted by Gasteiger charge is -2.05. The molecular weight excluding hydrogens is 190 g/mol. The average Bonchev–Trinajstić information content (AvgIpc) is 2.55. The van der Waals surface area contributed by atoms with Crippen LogP contribution in [0, 0.1) is 0 Å². The molecule has 1 rings (SSSR count). The molecule has 0 aliphatic carbocycles. The molecule has 0 unspecified atom stereocenters. The quantitative estimate of drug-likeness (QED) is 0.702. The molecule has 5 heteroatoms. The van der Waals surface area contributed by atoms with Gasteiger partial charge in [-0.1, -0.05) is 12.6 Å². The van der Waals surface area contributed by atoms with E-state index in [1.165, 1.54) is 11.3 Å². The van der Waals surface area contributed by atoms with E-state index < -0.39 is 5.97 Å². The molecule has 0 saturated carbocycles. The minimum absolute atomic E-state index is 0.385. The molecule has 0 spiro atoms. The van der Waals surface area contributed by atoms with Gasteiger partial charge < -0.3 is 5.11 Å². The van der Waals surface area contributed by atoms with Crippen molar-refractivity contribution in [3.05, 3.63) is 29.0 Å². The van der Waals surface area contributed by atoms with Crippen molar-refractivity contribution in [1.29, 1.82) is 0 Å². The third kappa shape index (κ3) is 3.27. The van der Waals surface area contributed by atoms with E-state index >= 15 is 0 Å². The minimum Gasteiger partial charge on any atom is -0.479 e. The first kappa shape index (κ1) is 9.76. The second-order valence-electron chi connectivity index (χ2n) is 2.24. The highest BCUT2D eigenvalue weighted by Crippen LogP contribution is 2.15. The summed E-state index contributed by atoms with van der Waals surface area (Å²) in [6, 6.07) is 3.74. The lowest BCUT2D eigenvalue weighted by atomic mass is 10.4. The third-order valence-corrected chi connectivity index (χ3v) is 2.14. The Morgan fingerprint density at radius 1 is 1.77 bits per heavy atom. The molecule has 70 valence electrons. The summed E-state index contributed by atoms with van der Waals surface area (Å²) in [7, 11) is 0. The van der Waals surface area contributed by atoms with Gasteiger partial charge in [0.1, 0.15) is 0 Å². The number of rotatable bonds is 5. The fourth-order valence-corrected chi connectivity index (χ4v) is 1.33. The van der Waals surface area contributed by atoms with Gasteiger partial charge in [-0.25, -0.2) is 4.79 Å². The van der Waals surface area contributed by atoms with Gasteiger partial charge in [-0.3, -0.25) is 10.3 Å². The zero-order valence-electron chi connectivity index (χ0n) is 6.82. The van der Waals surface area contributed by atoms with Gasteiger partial charge in [-0.2, -0.15) is 0 Å². The van der Waals surface area contributed by atoms with Crippen molar-refractivity contribution in [2.75, 3.05) is 6.61 Å². The van der Waals surface area contributed by atoms with Gasteiger partial charge in [0.25, 0.3) is 0 Å². The highest BCUT2D eigenvalue weighted by Gasteiger charge is 2.00. The highest BCUT2D eigenvalue weighted by atomic mass is 32.1. The van der Waals surface area contributed by atoms with E-state index in [1.54, 1.807) is 0 Å². The number of carboxylic acid groups (broad SMARTS) is 1. The number of hydrogen-bond acceptors (Lipinski definition) is 4. The molecule has 13 heavy (non-hydrogen) atoms. The van der Waals surface area contributed by atoms with E-state index in [1.807, 2.05) is 17.5 Å². The maximum absolute atomic E-state index is 10.1. The molecule has 1 aromatic heterocycles. The van der Waals surface area contributed by atoms with Crippen LogP contribution in [-0.2, 0) is 9.63 Å². The van der Waals surface area contributed by atoms with Crippen molar-refractivity contribution < 1.29 is 14.7 Å². The zero-order chi connectivity index (χ0) is 9.68. The monoisotopic (exact) mass is 199 g/mol. The smallest absolute Gasteiger partial charge is 0.332 e. The van der Waals surface area contributed by atoms with E-state index in [0.29, 0.717) is 5.70 Å². The first-order valence-electron chi connectivity index (χ1n) is 3.52. The Morgan fingerprint density at radius 2 is 2.54 bits per heavy atom. The lowest BCUT2D eigenvalue weighted by molar-refractivity contribution is -0.143. The molecule has 1 aromatic rings. The van der Waals surface area contributed by atoms with Crippen LogP contribution < -0.4 is 5.48 Å². The first-order valence-corrected chi connectivity index (χ1v) is 4.40. The first-order chi connectivity index (χ1) is 6.20. The Hall–Kier alpha value is -1.33. The molecule has 0 aliphatic heterocycles. The topological polar surface area (TPSA) is 58.6 Å². The lowest BCUT2D eigenvalue weighted by Crippen LogP contribution is -2.17. The third-order valence-electron chi connectivity index (χ3n) is 1.21. The van der Waals surface area contributed by atoms with Crippen LogP contribution in [0.1, 0.15) is 4.88 Å². The van der Waals surface area contributed by atoms with Crippen LogP contribution >= 0.6 is 11.3 Å². The Kier molecular flexibility index (Phi) is 3.48. The van der Waals surface area contributed by atoms with Crippen molar-refractivity contribution in [1.82, 2.24) is 5.48 Å². The van der Waals surface area contributed by atoms with Crippen molar-refractivity contribution in [3.8, 4) is 0 Å². The molecule has 0 saturated heterocycles. The van der Waals surface area contributed by atoms with Gasteiger partial charge in [0, 0.05) is 0 Å².